The number of nitrogens with zero attached hydrogens (tertiary/aromatic N) is 9. The predicted octanol–water partition coefficient (Wildman–Crippen LogP) is 3.79. The van der Waals surface area contributed by atoms with E-state index in [1.165, 1.54) is 0 Å². The van der Waals surface area contributed by atoms with Gasteiger partial charge in [0.1, 0.15) is 17.1 Å². The minimum atomic E-state index is -0.180. The van der Waals surface area contributed by atoms with Crippen molar-refractivity contribution in [1.29, 1.82) is 0 Å². The second-order valence-electron chi connectivity index (χ2n) is 12.3. The SMILES string of the molecule is Cc1c(N2CN(c3c(C)n(C)n(-c4ccccc4)c3=O)CN(c3c(C)n(C)n(-c4ccccc4)c3=O)C2)c(=O)n(-c2ccccc2)n1C. The van der Waals surface area contributed by atoms with Gasteiger partial charge in [-0.1, -0.05) is 54.6 Å². The zero-order valence-corrected chi connectivity index (χ0v) is 28.0. The summed E-state index contributed by atoms with van der Waals surface area (Å²) in [7, 11) is 5.60. The van der Waals surface area contributed by atoms with Crippen LogP contribution in [0.1, 0.15) is 17.1 Å². The van der Waals surface area contributed by atoms with E-state index in [1.807, 2.05) is 162 Å². The van der Waals surface area contributed by atoms with E-state index in [1.54, 1.807) is 14.0 Å². The van der Waals surface area contributed by atoms with Crippen LogP contribution in [0.15, 0.2) is 105 Å². The number of hydrogen-bond acceptors (Lipinski definition) is 6. The Hall–Kier alpha value is -5.91. The molecule has 1 aliphatic rings. The molecule has 3 aromatic heterocycles. The first-order chi connectivity index (χ1) is 23.1. The predicted molar refractivity (Wildman–Crippen MR) is 189 cm³/mol. The smallest absolute Gasteiger partial charge is 0.295 e. The Morgan fingerprint density at radius 1 is 0.396 bits per heavy atom. The van der Waals surface area contributed by atoms with Gasteiger partial charge < -0.3 is 14.7 Å². The van der Waals surface area contributed by atoms with Crippen LogP contribution in [0.25, 0.3) is 17.1 Å². The summed E-state index contributed by atoms with van der Waals surface area (Å²) in [6, 6.07) is 28.6. The lowest BCUT2D eigenvalue weighted by Crippen LogP contribution is -2.58. The van der Waals surface area contributed by atoms with Gasteiger partial charge in [0, 0.05) is 21.1 Å². The minimum absolute atomic E-state index is 0.180. The first kappa shape index (κ1) is 30.7. The van der Waals surface area contributed by atoms with E-state index in [0.717, 1.165) is 34.1 Å². The third kappa shape index (κ3) is 4.71. The van der Waals surface area contributed by atoms with Gasteiger partial charge in [-0.2, -0.15) is 0 Å². The number of aromatic nitrogens is 6. The van der Waals surface area contributed by atoms with E-state index < -0.39 is 0 Å². The molecular weight excluding hydrogens is 606 g/mol. The molecule has 0 saturated carbocycles. The van der Waals surface area contributed by atoms with E-state index in [-0.39, 0.29) is 36.7 Å². The molecule has 0 radical (unpaired) electrons. The van der Waals surface area contributed by atoms with Crippen LogP contribution >= 0.6 is 0 Å². The molecule has 1 saturated heterocycles. The maximum Gasteiger partial charge on any atom is 0.295 e. The molecule has 0 atom stereocenters. The van der Waals surface area contributed by atoms with Crippen LogP contribution in [0.4, 0.5) is 17.1 Å². The van der Waals surface area contributed by atoms with E-state index >= 15 is 0 Å². The standard InChI is InChI=1S/C36H39N9O3/c1-25-31(34(46)43(37(25)4)28-16-10-7-11-17-28)40-22-41(32-26(2)38(5)44(35(32)47)29-18-12-8-13-19-29)24-42(23-40)33-27(3)39(6)45(36(33)48)30-20-14-9-15-21-30/h7-21H,22-24H2,1-6H3. The van der Waals surface area contributed by atoms with Gasteiger partial charge in [-0.15, -0.1) is 0 Å². The number of rotatable bonds is 6. The van der Waals surface area contributed by atoms with E-state index in [4.69, 9.17) is 0 Å². The average Bonchev–Trinajstić information content (AvgIpc) is 3.57. The first-order valence-electron chi connectivity index (χ1n) is 15.9. The van der Waals surface area contributed by atoms with Gasteiger partial charge in [0.25, 0.3) is 16.7 Å². The quantitative estimate of drug-likeness (QED) is 0.274. The third-order valence-electron chi connectivity index (χ3n) is 9.54. The Kier molecular flexibility index (Phi) is 7.50. The van der Waals surface area contributed by atoms with Crippen molar-refractivity contribution in [3.05, 3.63) is 139 Å². The van der Waals surface area contributed by atoms with Crippen LogP contribution in [0.2, 0.25) is 0 Å². The molecular formula is C36H39N9O3. The Morgan fingerprint density at radius 2 is 0.625 bits per heavy atom. The lowest BCUT2D eigenvalue weighted by atomic mass is 10.2. The Bertz CT molecular complexity index is 2040. The fraction of sp³-hybridized carbons (Fsp3) is 0.250. The summed E-state index contributed by atoms with van der Waals surface area (Å²) in [5.41, 5.74) is 5.52. The van der Waals surface area contributed by atoms with Crippen molar-refractivity contribution in [3.63, 3.8) is 0 Å². The van der Waals surface area contributed by atoms with Gasteiger partial charge in [-0.25, -0.2) is 14.0 Å². The molecule has 246 valence electrons. The molecule has 4 heterocycles. The van der Waals surface area contributed by atoms with Crippen molar-refractivity contribution >= 4 is 17.1 Å². The van der Waals surface area contributed by atoms with Gasteiger partial charge >= 0.3 is 0 Å². The van der Waals surface area contributed by atoms with Gasteiger partial charge in [0.15, 0.2) is 0 Å². The molecule has 3 aromatic carbocycles. The maximum absolute atomic E-state index is 14.3. The molecule has 7 rings (SSSR count). The van der Waals surface area contributed by atoms with Crippen LogP contribution < -0.4 is 31.4 Å². The number of hydrogen-bond donors (Lipinski definition) is 0. The van der Waals surface area contributed by atoms with Crippen molar-refractivity contribution in [2.45, 2.75) is 20.8 Å². The maximum atomic E-state index is 14.3. The Morgan fingerprint density at radius 3 is 0.854 bits per heavy atom. The fourth-order valence-corrected chi connectivity index (χ4v) is 6.93. The number of anilines is 3. The molecule has 0 amide bonds. The Balaban J connectivity index is 1.41. The normalized spacial score (nSPS) is 13.5. The summed E-state index contributed by atoms with van der Waals surface area (Å²) in [4.78, 5) is 48.7. The molecule has 0 spiro atoms. The number of benzene rings is 3. The summed E-state index contributed by atoms with van der Waals surface area (Å²) in [6.45, 7) is 6.56. The third-order valence-corrected chi connectivity index (χ3v) is 9.54. The average molecular weight is 646 g/mol. The van der Waals surface area contributed by atoms with E-state index in [0.29, 0.717) is 17.1 Å². The molecule has 0 N–H and O–H groups in total. The monoisotopic (exact) mass is 645 g/mol. The van der Waals surface area contributed by atoms with Crippen molar-refractivity contribution in [3.8, 4) is 17.1 Å². The lowest BCUT2D eigenvalue weighted by Gasteiger charge is -2.44. The summed E-state index contributed by atoms with van der Waals surface area (Å²) in [6.07, 6.45) is 0. The lowest BCUT2D eigenvalue weighted by molar-refractivity contribution is 0.603. The highest BCUT2D eigenvalue weighted by atomic mass is 16.2. The molecule has 0 bridgehead atoms. The van der Waals surface area contributed by atoms with Crippen LogP contribution in [0.3, 0.4) is 0 Å². The molecule has 6 aromatic rings. The molecule has 1 aliphatic heterocycles. The highest BCUT2D eigenvalue weighted by Gasteiger charge is 2.35. The van der Waals surface area contributed by atoms with Gasteiger partial charge in [-0.05, 0) is 57.2 Å². The van der Waals surface area contributed by atoms with Gasteiger partial charge in [0.2, 0.25) is 0 Å². The van der Waals surface area contributed by atoms with Crippen molar-refractivity contribution in [2.75, 3.05) is 34.7 Å². The van der Waals surface area contributed by atoms with Crippen LogP contribution in [0, 0.1) is 20.8 Å². The van der Waals surface area contributed by atoms with Crippen molar-refractivity contribution < 1.29 is 0 Å². The highest BCUT2D eigenvalue weighted by Crippen LogP contribution is 2.29. The molecule has 0 aliphatic carbocycles. The molecule has 0 unspecified atom stereocenters. The second kappa shape index (κ2) is 11.7. The Labute approximate surface area is 277 Å². The summed E-state index contributed by atoms with van der Waals surface area (Å²) >= 11 is 0. The summed E-state index contributed by atoms with van der Waals surface area (Å²) < 4.78 is 10.5. The van der Waals surface area contributed by atoms with Crippen LogP contribution in [-0.4, -0.2) is 48.1 Å². The minimum Gasteiger partial charge on any atom is -0.330 e. The molecule has 1 fully saturated rings. The van der Waals surface area contributed by atoms with Crippen LogP contribution in [-0.2, 0) is 21.1 Å². The topological polar surface area (TPSA) is 90.5 Å². The zero-order chi connectivity index (χ0) is 33.9. The highest BCUT2D eigenvalue weighted by molar-refractivity contribution is 5.63. The molecule has 48 heavy (non-hydrogen) atoms. The van der Waals surface area contributed by atoms with E-state index in [2.05, 4.69) is 0 Å². The fourth-order valence-electron chi connectivity index (χ4n) is 6.93. The summed E-state index contributed by atoms with van der Waals surface area (Å²) in [5.74, 6) is 0. The van der Waals surface area contributed by atoms with Gasteiger partial charge in [-0.3, -0.25) is 28.4 Å². The largest absolute Gasteiger partial charge is 0.330 e. The van der Waals surface area contributed by atoms with Crippen molar-refractivity contribution in [2.24, 2.45) is 21.1 Å². The zero-order valence-electron chi connectivity index (χ0n) is 28.0. The molecule has 12 heteroatoms. The van der Waals surface area contributed by atoms with E-state index in [9.17, 15) is 14.4 Å². The van der Waals surface area contributed by atoms with Gasteiger partial charge in [0.05, 0.1) is 54.2 Å². The van der Waals surface area contributed by atoms with Crippen molar-refractivity contribution in [1.82, 2.24) is 28.1 Å². The summed E-state index contributed by atoms with van der Waals surface area (Å²) in [5, 5.41) is 0. The first-order valence-corrected chi connectivity index (χ1v) is 15.9. The second-order valence-corrected chi connectivity index (χ2v) is 12.3. The number of para-hydroxylation sites is 3. The van der Waals surface area contributed by atoms with Crippen LogP contribution in [0.5, 0.6) is 0 Å². The molecule has 12 nitrogen and oxygen atoms in total.